The number of nitrogen functional groups attached to an aromatic ring is 1. The van der Waals surface area contributed by atoms with Crippen LogP contribution in [0.4, 0.5) is 5.82 Å². The summed E-state index contributed by atoms with van der Waals surface area (Å²) >= 11 is 0. The number of imidazole rings is 1. The Labute approximate surface area is 221 Å². The van der Waals surface area contributed by atoms with Gasteiger partial charge < -0.3 is 19.9 Å². The van der Waals surface area contributed by atoms with Gasteiger partial charge in [0.1, 0.15) is 11.8 Å². The van der Waals surface area contributed by atoms with Crippen molar-refractivity contribution in [1.29, 1.82) is 0 Å². The molecular formula is C26H35N9O3. The number of hydrogen-bond acceptors (Lipinski definition) is 9. The van der Waals surface area contributed by atoms with Gasteiger partial charge in [-0.2, -0.15) is 5.10 Å². The minimum atomic E-state index is -0.154. The lowest BCUT2D eigenvalue weighted by Gasteiger charge is -2.23. The highest BCUT2D eigenvalue weighted by molar-refractivity contribution is 5.77. The van der Waals surface area contributed by atoms with E-state index >= 15 is 0 Å². The molecule has 5 heterocycles. The molecule has 12 heteroatoms. The molecule has 0 amide bonds. The number of rotatable bonds is 4. The molecule has 0 unspecified atom stereocenters. The summed E-state index contributed by atoms with van der Waals surface area (Å²) in [6, 6.07) is 0. The van der Waals surface area contributed by atoms with Gasteiger partial charge in [0.05, 0.1) is 47.1 Å². The molecule has 2 N–H and O–H groups in total. The smallest absolute Gasteiger partial charge is 0.240 e. The number of anilines is 1. The predicted octanol–water partition coefficient (Wildman–Crippen LogP) is 2.76. The minimum Gasteiger partial charge on any atom is -0.473 e. The zero-order valence-electron chi connectivity index (χ0n) is 23.0. The maximum absolute atomic E-state index is 6.50. The molecule has 1 aliphatic rings. The second-order valence-corrected chi connectivity index (χ2v) is 9.99. The van der Waals surface area contributed by atoms with E-state index in [1.807, 2.05) is 62.3 Å². The van der Waals surface area contributed by atoms with Crippen LogP contribution in [0.15, 0.2) is 12.4 Å². The first-order valence-electron chi connectivity index (χ1n) is 12.6. The first kappa shape index (κ1) is 25.7. The average Bonchev–Trinajstić information content (AvgIpc) is 3.46. The molecule has 0 saturated heterocycles. The van der Waals surface area contributed by atoms with Crippen molar-refractivity contribution in [2.45, 2.75) is 46.1 Å². The van der Waals surface area contributed by atoms with E-state index in [0.29, 0.717) is 54.3 Å². The number of aryl methyl sites for hydroxylation is 2. The zero-order valence-corrected chi connectivity index (χ0v) is 23.0. The Hall–Kier alpha value is -3.90. The molecule has 1 atom stereocenters. The maximum atomic E-state index is 6.50. The van der Waals surface area contributed by atoms with Gasteiger partial charge in [0.2, 0.25) is 11.8 Å². The lowest BCUT2D eigenvalue weighted by Crippen LogP contribution is -2.32. The topological polar surface area (TPSA) is 123 Å². The van der Waals surface area contributed by atoms with Crippen molar-refractivity contribution in [3.63, 3.8) is 0 Å². The third-order valence-corrected chi connectivity index (χ3v) is 6.39. The van der Waals surface area contributed by atoms with Gasteiger partial charge in [-0.3, -0.25) is 14.0 Å². The molecule has 4 aromatic heterocycles. The fraction of sp³-hybridized carbons (Fsp3) is 0.462. The van der Waals surface area contributed by atoms with Crippen LogP contribution >= 0.6 is 0 Å². The summed E-state index contributed by atoms with van der Waals surface area (Å²) in [6.45, 7) is 7.64. The first-order valence-corrected chi connectivity index (χ1v) is 12.6. The van der Waals surface area contributed by atoms with E-state index in [-0.39, 0.29) is 12.2 Å². The van der Waals surface area contributed by atoms with Gasteiger partial charge in [0.25, 0.3) is 0 Å². The number of hydrogen-bond donors (Lipinski definition) is 1. The number of nitrogens with zero attached hydrogens (tertiary/aromatic N) is 8. The molecule has 0 fully saturated rings. The Kier molecular flexibility index (Phi) is 6.84. The number of methoxy groups -OCH3 is 1. The van der Waals surface area contributed by atoms with Crippen molar-refractivity contribution in [2.24, 2.45) is 14.1 Å². The third kappa shape index (κ3) is 4.72. The Morgan fingerprint density at radius 1 is 1.16 bits per heavy atom. The van der Waals surface area contributed by atoms with Gasteiger partial charge in [0, 0.05) is 40.5 Å². The molecule has 2 bridgehead atoms. The Morgan fingerprint density at radius 3 is 2.68 bits per heavy atom. The number of ether oxygens (including phenoxy) is 3. The summed E-state index contributed by atoms with van der Waals surface area (Å²) in [5.74, 6) is 1.50. The van der Waals surface area contributed by atoms with Gasteiger partial charge >= 0.3 is 0 Å². The summed E-state index contributed by atoms with van der Waals surface area (Å²) in [6.07, 6.45) is 7.54. The van der Waals surface area contributed by atoms with Crippen molar-refractivity contribution in [2.75, 3.05) is 26.4 Å². The van der Waals surface area contributed by atoms with E-state index in [1.165, 1.54) is 0 Å². The van der Waals surface area contributed by atoms with E-state index in [2.05, 4.69) is 32.1 Å². The van der Waals surface area contributed by atoms with Crippen LogP contribution in [-0.2, 0) is 32.0 Å². The summed E-state index contributed by atoms with van der Waals surface area (Å²) < 4.78 is 23.6. The van der Waals surface area contributed by atoms with Crippen LogP contribution in [0.25, 0.3) is 29.1 Å². The van der Waals surface area contributed by atoms with E-state index in [9.17, 15) is 0 Å². The van der Waals surface area contributed by atoms with Crippen LogP contribution in [0.3, 0.4) is 0 Å². The standard InChI is InChI=1S/C26H35N9O3/c1-15(2)37-25-18-9-8-17-10-28-24-23(27)29-19(12-35(17)24)22-20(14-36-7)30-34(6)26(22)38-16(3)11-32(4)13-21(18)33(5)31-25/h8-10,12,15-16H,11,13-14H2,1-7H3,(H2,27,29)/b9-8+/t16-/m0/s1. The largest absolute Gasteiger partial charge is 0.473 e. The lowest BCUT2D eigenvalue weighted by molar-refractivity contribution is 0.147. The zero-order chi connectivity index (χ0) is 27.1. The van der Waals surface area contributed by atoms with Crippen molar-refractivity contribution in [3.8, 4) is 23.0 Å². The number of nitrogens with two attached hydrogens (primary N) is 1. The molecule has 4 aromatic rings. The SMILES string of the molecule is COCc1nn(C)c2c1-c1cn3c(cnc3c(N)n1)/C=C/c1c(OC(C)C)nn(C)c1CN(C)C[C@H](C)O2. The van der Waals surface area contributed by atoms with Gasteiger partial charge in [-0.25, -0.2) is 14.6 Å². The monoisotopic (exact) mass is 521 g/mol. The fourth-order valence-electron chi connectivity index (χ4n) is 4.84. The molecule has 202 valence electrons. The summed E-state index contributed by atoms with van der Waals surface area (Å²) in [4.78, 5) is 11.4. The Bertz CT molecular complexity index is 1500. The first-order chi connectivity index (χ1) is 18.2. The number of fused-ring (bicyclic) bond motifs is 4. The van der Waals surface area contributed by atoms with Crippen molar-refractivity contribution >= 4 is 23.6 Å². The second-order valence-electron chi connectivity index (χ2n) is 9.99. The van der Waals surface area contributed by atoms with Gasteiger partial charge in [-0.1, -0.05) is 0 Å². The molecule has 38 heavy (non-hydrogen) atoms. The predicted molar refractivity (Wildman–Crippen MR) is 145 cm³/mol. The average molecular weight is 522 g/mol. The summed E-state index contributed by atoms with van der Waals surface area (Å²) in [7, 11) is 7.50. The minimum absolute atomic E-state index is 0.0113. The van der Waals surface area contributed by atoms with Crippen LogP contribution in [0.1, 0.15) is 43.4 Å². The molecule has 0 aliphatic carbocycles. The van der Waals surface area contributed by atoms with E-state index < -0.39 is 0 Å². The Balaban J connectivity index is 1.74. The van der Waals surface area contributed by atoms with E-state index in [0.717, 1.165) is 22.5 Å². The van der Waals surface area contributed by atoms with E-state index in [4.69, 9.17) is 19.9 Å². The van der Waals surface area contributed by atoms with Crippen LogP contribution in [0.5, 0.6) is 11.8 Å². The number of likely N-dealkylation sites (N-methyl/N-ethyl adjacent to an activating group) is 1. The second kappa shape index (κ2) is 10.1. The van der Waals surface area contributed by atoms with E-state index in [1.54, 1.807) is 18.0 Å². The highest BCUT2D eigenvalue weighted by Gasteiger charge is 2.25. The Morgan fingerprint density at radius 2 is 1.95 bits per heavy atom. The molecule has 0 saturated carbocycles. The molecule has 12 nitrogen and oxygen atoms in total. The van der Waals surface area contributed by atoms with Gasteiger partial charge in [0.15, 0.2) is 11.5 Å². The third-order valence-electron chi connectivity index (χ3n) is 6.39. The van der Waals surface area contributed by atoms with Crippen molar-refractivity contribution < 1.29 is 14.2 Å². The van der Waals surface area contributed by atoms with Crippen LogP contribution in [0, 0.1) is 0 Å². The lowest BCUT2D eigenvalue weighted by atomic mass is 10.1. The summed E-state index contributed by atoms with van der Waals surface area (Å²) in [5, 5.41) is 9.35. The highest BCUT2D eigenvalue weighted by Crippen LogP contribution is 2.35. The molecule has 0 spiro atoms. The quantitative estimate of drug-likeness (QED) is 0.432. The van der Waals surface area contributed by atoms with Gasteiger partial charge in [-0.15, -0.1) is 5.10 Å². The van der Waals surface area contributed by atoms with Crippen molar-refractivity contribution in [3.05, 3.63) is 35.0 Å². The van der Waals surface area contributed by atoms with Crippen LogP contribution in [-0.4, -0.2) is 71.7 Å². The van der Waals surface area contributed by atoms with Crippen LogP contribution < -0.4 is 15.2 Å². The fourth-order valence-corrected chi connectivity index (χ4v) is 4.84. The summed E-state index contributed by atoms with van der Waals surface area (Å²) in [5.41, 5.74) is 11.8. The molecule has 1 aliphatic heterocycles. The highest BCUT2D eigenvalue weighted by atomic mass is 16.5. The van der Waals surface area contributed by atoms with Gasteiger partial charge in [-0.05, 0) is 40.0 Å². The van der Waals surface area contributed by atoms with Crippen molar-refractivity contribution in [1.82, 2.24) is 38.8 Å². The molecular weight excluding hydrogens is 486 g/mol. The van der Waals surface area contributed by atoms with Crippen LogP contribution in [0.2, 0.25) is 0 Å². The maximum Gasteiger partial charge on any atom is 0.240 e. The molecule has 5 rings (SSSR count). The normalized spacial score (nSPS) is 17.2. The molecule has 0 radical (unpaired) electrons. The number of aromatic nitrogens is 7. The molecule has 0 aromatic carbocycles.